The number of benzene rings is 1. The quantitative estimate of drug-likeness (QED) is 0.802. The Hall–Kier alpha value is -2.17. The number of nitrogens with two attached hydrogens (primary N) is 1. The smallest absolute Gasteiger partial charge is 0.260 e. The summed E-state index contributed by atoms with van der Waals surface area (Å²) in [5, 5.41) is 11.3. The second kappa shape index (κ2) is 3.91. The SMILES string of the molecule is C=Cc1ccc(Cn2nnc(N)n2)cc1. The minimum Gasteiger partial charge on any atom is -0.365 e. The monoisotopic (exact) mass is 201 g/mol. The standard InChI is InChI=1S/C10H11N5/c1-2-8-3-5-9(6-4-8)7-15-13-10(11)12-14-15/h2-6H,1,7H2,(H2,11,13). The zero-order chi connectivity index (χ0) is 10.7. The van der Waals surface area contributed by atoms with Crippen LogP contribution in [0, 0.1) is 0 Å². The third kappa shape index (κ3) is 2.19. The molecule has 0 spiro atoms. The van der Waals surface area contributed by atoms with E-state index in [0.29, 0.717) is 6.54 Å². The fraction of sp³-hybridized carbons (Fsp3) is 0.100. The summed E-state index contributed by atoms with van der Waals surface area (Å²) in [6.07, 6.45) is 1.80. The minimum absolute atomic E-state index is 0.192. The van der Waals surface area contributed by atoms with Crippen LogP contribution in [0.3, 0.4) is 0 Å². The molecule has 0 aliphatic rings. The van der Waals surface area contributed by atoms with Crippen LogP contribution in [0.1, 0.15) is 11.1 Å². The maximum atomic E-state index is 5.36. The Balaban J connectivity index is 2.14. The van der Waals surface area contributed by atoms with Crippen molar-refractivity contribution in [1.82, 2.24) is 20.2 Å². The van der Waals surface area contributed by atoms with Gasteiger partial charge in [-0.1, -0.05) is 42.0 Å². The van der Waals surface area contributed by atoms with E-state index in [-0.39, 0.29) is 5.95 Å². The number of tetrazole rings is 1. The van der Waals surface area contributed by atoms with E-state index in [1.54, 1.807) is 6.08 Å². The van der Waals surface area contributed by atoms with E-state index in [1.165, 1.54) is 4.80 Å². The van der Waals surface area contributed by atoms with Gasteiger partial charge in [0, 0.05) is 0 Å². The van der Waals surface area contributed by atoms with Crippen LogP contribution < -0.4 is 5.73 Å². The van der Waals surface area contributed by atoms with Crippen LogP contribution in [-0.4, -0.2) is 20.2 Å². The molecule has 2 N–H and O–H groups in total. The summed E-state index contributed by atoms with van der Waals surface area (Å²) >= 11 is 0. The highest BCUT2D eigenvalue weighted by Gasteiger charge is 1.99. The molecule has 0 fully saturated rings. The molecule has 0 aliphatic carbocycles. The highest BCUT2D eigenvalue weighted by atomic mass is 15.6. The number of nitrogens with zero attached hydrogens (tertiary/aromatic N) is 4. The van der Waals surface area contributed by atoms with E-state index in [1.807, 2.05) is 24.3 Å². The summed E-state index contributed by atoms with van der Waals surface area (Å²) in [5.41, 5.74) is 7.54. The highest BCUT2D eigenvalue weighted by molar-refractivity contribution is 5.47. The van der Waals surface area contributed by atoms with Gasteiger partial charge in [-0.2, -0.15) is 4.80 Å². The molecule has 0 atom stereocenters. The van der Waals surface area contributed by atoms with Crippen molar-refractivity contribution in [3.63, 3.8) is 0 Å². The van der Waals surface area contributed by atoms with Gasteiger partial charge in [-0.3, -0.25) is 0 Å². The van der Waals surface area contributed by atoms with Crippen molar-refractivity contribution in [2.75, 3.05) is 5.73 Å². The number of anilines is 1. The van der Waals surface area contributed by atoms with Gasteiger partial charge < -0.3 is 5.73 Å². The number of rotatable bonds is 3. The first-order valence-corrected chi connectivity index (χ1v) is 4.52. The molecular weight excluding hydrogens is 190 g/mol. The third-order valence-corrected chi connectivity index (χ3v) is 2.01. The van der Waals surface area contributed by atoms with Crippen molar-refractivity contribution < 1.29 is 0 Å². The molecule has 15 heavy (non-hydrogen) atoms. The van der Waals surface area contributed by atoms with Gasteiger partial charge in [-0.25, -0.2) is 0 Å². The van der Waals surface area contributed by atoms with Crippen molar-refractivity contribution in [3.8, 4) is 0 Å². The number of hydrogen-bond donors (Lipinski definition) is 1. The second-order valence-corrected chi connectivity index (χ2v) is 3.12. The summed E-state index contributed by atoms with van der Waals surface area (Å²) in [6, 6.07) is 7.97. The van der Waals surface area contributed by atoms with Gasteiger partial charge in [-0.05, 0) is 16.3 Å². The second-order valence-electron chi connectivity index (χ2n) is 3.12. The number of nitrogen functional groups attached to an aromatic ring is 1. The van der Waals surface area contributed by atoms with Gasteiger partial charge in [0.25, 0.3) is 5.95 Å². The topological polar surface area (TPSA) is 69.6 Å². The molecule has 0 unspecified atom stereocenters. The maximum Gasteiger partial charge on any atom is 0.260 e. The largest absolute Gasteiger partial charge is 0.365 e. The molecule has 76 valence electrons. The molecule has 5 nitrogen and oxygen atoms in total. The maximum absolute atomic E-state index is 5.36. The lowest BCUT2D eigenvalue weighted by Gasteiger charge is -1.99. The molecule has 2 aromatic rings. The van der Waals surface area contributed by atoms with E-state index in [2.05, 4.69) is 22.0 Å². The molecule has 1 heterocycles. The van der Waals surface area contributed by atoms with Gasteiger partial charge >= 0.3 is 0 Å². The molecule has 2 rings (SSSR count). The van der Waals surface area contributed by atoms with Crippen molar-refractivity contribution in [1.29, 1.82) is 0 Å². The first kappa shape index (κ1) is 9.39. The average Bonchev–Trinajstić information content (AvgIpc) is 2.65. The van der Waals surface area contributed by atoms with E-state index < -0.39 is 0 Å². The van der Waals surface area contributed by atoms with Crippen molar-refractivity contribution >= 4 is 12.0 Å². The van der Waals surface area contributed by atoms with Crippen LogP contribution in [0.25, 0.3) is 6.08 Å². The summed E-state index contributed by atoms with van der Waals surface area (Å²) in [5.74, 6) is 0.192. The summed E-state index contributed by atoms with van der Waals surface area (Å²) in [6.45, 7) is 4.26. The molecule has 1 aromatic heterocycles. The van der Waals surface area contributed by atoms with Crippen molar-refractivity contribution in [2.24, 2.45) is 0 Å². The van der Waals surface area contributed by atoms with Gasteiger partial charge in [0.05, 0.1) is 6.54 Å². The Morgan fingerprint density at radius 3 is 2.60 bits per heavy atom. The number of hydrogen-bond acceptors (Lipinski definition) is 4. The molecule has 0 saturated carbocycles. The number of aromatic nitrogens is 4. The molecule has 1 aromatic carbocycles. The predicted octanol–water partition coefficient (Wildman–Crippen LogP) is 0.947. The normalized spacial score (nSPS) is 10.1. The molecule has 0 saturated heterocycles. The van der Waals surface area contributed by atoms with Gasteiger partial charge in [0.15, 0.2) is 0 Å². The zero-order valence-corrected chi connectivity index (χ0v) is 8.17. The van der Waals surface area contributed by atoms with Crippen LogP contribution in [0.2, 0.25) is 0 Å². The molecule has 0 bridgehead atoms. The Morgan fingerprint density at radius 2 is 2.07 bits per heavy atom. The van der Waals surface area contributed by atoms with E-state index >= 15 is 0 Å². The van der Waals surface area contributed by atoms with E-state index in [4.69, 9.17) is 5.73 Å². The molecule has 5 heteroatoms. The van der Waals surface area contributed by atoms with Gasteiger partial charge in [0.1, 0.15) is 0 Å². The fourth-order valence-electron chi connectivity index (χ4n) is 1.25. The van der Waals surface area contributed by atoms with E-state index in [9.17, 15) is 0 Å². The van der Waals surface area contributed by atoms with Crippen LogP contribution in [-0.2, 0) is 6.54 Å². The molecule has 0 aliphatic heterocycles. The van der Waals surface area contributed by atoms with Crippen LogP contribution in [0.5, 0.6) is 0 Å². The lowest BCUT2D eigenvalue weighted by Crippen LogP contribution is -2.04. The lowest BCUT2D eigenvalue weighted by atomic mass is 10.1. The van der Waals surface area contributed by atoms with Crippen molar-refractivity contribution in [3.05, 3.63) is 42.0 Å². The predicted molar refractivity (Wildman–Crippen MR) is 57.9 cm³/mol. The minimum atomic E-state index is 0.192. The van der Waals surface area contributed by atoms with Gasteiger partial charge in [-0.15, -0.1) is 5.10 Å². The zero-order valence-electron chi connectivity index (χ0n) is 8.17. The first-order chi connectivity index (χ1) is 7.28. The van der Waals surface area contributed by atoms with Crippen LogP contribution in [0.15, 0.2) is 30.8 Å². The molecule has 0 radical (unpaired) electrons. The van der Waals surface area contributed by atoms with Gasteiger partial charge in [0.2, 0.25) is 0 Å². The Bertz CT molecular complexity index is 457. The molecular formula is C10H11N5. The lowest BCUT2D eigenvalue weighted by molar-refractivity contribution is 0.573. The first-order valence-electron chi connectivity index (χ1n) is 4.52. The van der Waals surface area contributed by atoms with Crippen LogP contribution in [0.4, 0.5) is 5.95 Å². The summed E-state index contributed by atoms with van der Waals surface area (Å²) in [4.78, 5) is 1.46. The Morgan fingerprint density at radius 1 is 1.33 bits per heavy atom. The third-order valence-electron chi connectivity index (χ3n) is 2.01. The summed E-state index contributed by atoms with van der Waals surface area (Å²) < 4.78 is 0. The fourth-order valence-corrected chi connectivity index (χ4v) is 1.25. The Labute approximate surface area is 87.2 Å². The highest BCUT2D eigenvalue weighted by Crippen LogP contribution is 2.06. The summed E-state index contributed by atoms with van der Waals surface area (Å²) in [7, 11) is 0. The van der Waals surface area contributed by atoms with Crippen molar-refractivity contribution in [2.45, 2.75) is 6.54 Å². The average molecular weight is 201 g/mol. The molecule has 0 amide bonds. The van der Waals surface area contributed by atoms with E-state index in [0.717, 1.165) is 11.1 Å². The Kier molecular flexibility index (Phi) is 2.45. The van der Waals surface area contributed by atoms with Crippen LogP contribution >= 0.6 is 0 Å².